The van der Waals surface area contributed by atoms with Gasteiger partial charge in [0.1, 0.15) is 6.26 Å². The van der Waals surface area contributed by atoms with Crippen molar-refractivity contribution in [2.45, 2.75) is 36.0 Å². The van der Waals surface area contributed by atoms with Gasteiger partial charge in [0.05, 0.1) is 11.8 Å². The lowest BCUT2D eigenvalue weighted by Crippen LogP contribution is -2.18. The van der Waals surface area contributed by atoms with E-state index >= 15 is 0 Å². The van der Waals surface area contributed by atoms with Crippen LogP contribution >= 0.6 is 23.1 Å². The molecule has 8 heteroatoms. The van der Waals surface area contributed by atoms with E-state index < -0.39 is 0 Å². The molecule has 6 nitrogen and oxygen atoms in total. The van der Waals surface area contributed by atoms with E-state index in [1.54, 1.807) is 29.4 Å². The maximum absolute atomic E-state index is 5.60. The molecule has 1 unspecified atom stereocenters. The zero-order valence-electron chi connectivity index (χ0n) is 14.5. The summed E-state index contributed by atoms with van der Waals surface area (Å²) in [5.41, 5.74) is 3.11. The maximum atomic E-state index is 5.60. The number of aromatic nitrogens is 3. The van der Waals surface area contributed by atoms with Gasteiger partial charge < -0.3 is 14.5 Å². The molecule has 2 aromatic heterocycles. The molecular formula is C18H20N4O2S2. The molecule has 1 saturated heterocycles. The Morgan fingerprint density at radius 1 is 1.27 bits per heavy atom. The Morgan fingerprint density at radius 2 is 2.15 bits per heavy atom. The van der Waals surface area contributed by atoms with Gasteiger partial charge in [0.2, 0.25) is 11.0 Å². The Morgan fingerprint density at radius 3 is 2.96 bits per heavy atom. The van der Waals surface area contributed by atoms with Crippen molar-refractivity contribution in [2.24, 2.45) is 0 Å². The quantitative estimate of drug-likeness (QED) is 0.602. The number of oxazole rings is 1. The van der Waals surface area contributed by atoms with E-state index in [9.17, 15) is 0 Å². The number of thioether (sulfide) groups is 1. The molecule has 1 aliphatic rings. The summed E-state index contributed by atoms with van der Waals surface area (Å²) < 4.78 is 12.1. The van der Waals surface area contributed by atoms with Gasteiger partial charge >= 0.3 is 0 Å². The zero-order valence-corrected chi connectivity index (χ0v) is 16.1. The van der Waals surface area contributed by atoms with Crippen molar-refractivity contribution in [1.29, 1.82) is 0 Å². The molecule has 1 aromatic carbocycles. The van der Waals surface area contributed by atoms with Crippen LogP contribution in [0.15, 0.2) is 39.3 Å². The van der Waals surface area contributed by atoms with Gasteiger partial charge in [0, 0.05) is 24.5 Å². The van der Waals surface area contributed by atoms with Crippen LogP contribution in [-0.2, 0) is 10.5 Å². The molecule has 26 heavy (non-hydrogen) atoms. The van der Waals surface area contributed by atoms with Gasteiger partial charge in [0.25, 0.3) is 0 Å². The summed E-state index contributed by atoms with van der Waals surface area (Å²) in [6.07, 6.45) is 4.26. The third-order valence-corrected chi connectivity index (χ3v) is 6.15. The summed E-state index contributed by atoms with van der Waals surface area (Å²) in [5.74, 6) is 1.35. The Kier molecular flexibility index (Phi) is 5.52. The molecule has 0 bridgehead atoms. The second-order valence-electron chi connectivity index (χ2n) is 6.19. The Bertz CT molecular complexity index is 841. The van der Waals surface area contributed by atoms with E-state index in [1.807, 2.05) is 12.1 Å². The standard InChI is InChI=1S/C18H20N4O2S2/c1-12-4-6-13(7-5-12)16-20-14(10-24-16)11-25-18-22-21-17(26-18)19-9-15-3-2-8-23-15/h4-7,10,15H,2-3,8-9,11H2,1H3,(H,19,21). The van der Waals surface area contributed by atoms with Gasteiger partial charge in [-0.15, -0.1) is 10.2 Å². The summed E-state index contributed by atoms with van der Waals surface area (Å²) in [7, 11) is 0. The molecule has 0 spiro atoms. The first-order valence-corrected chi connectivity index (χ1v) is 10.4. The number of benzene rings is 1. The minimum Gasteiger partial charge on any atom is -0.444 e. The van der Waals surface area contributed by atoms with Gasteiger partial charge in [-0.1, -0.05) is 40.8 Å². The van der Waals surface area contributed by atoms with Crippen molar-refractivity contribution < 1.29 is 9.15 Å². The van der Waals surface area contributed by atoms with Gasteiger partial charge in [-0.25, -0.2) is 4.98 Å². The van der Waals surface area contributed by atoms with Crippen LogP contribution in [0, 0.1) is 6.92 Å². The van der Waals surface area contributed by atoms with Crippen molar-refractivity contribution in [3.05, 3.63) is 41.8 Å². The number of hydrogen-bond acceptors (Lipinski definition) is 8. The number of aryl methyl sites for hydroxylation is 1. The minimum absolute atomic E-state index is 0.297. The number of anilines is 1. The normalized spacial score (nSPS) is 16.9. The highest BCUT2D eigenvalue weighted by atomic mass is 32.2. The molecule has 4 rings (SSSR count). The van der Waals surface area contributed by atoms with Crippen molar-refractivity contribution in [3.63, 3.8) is 0 Å². The predicted octanol–water partition coefficient (Wildman–Crippen LogP) is 4.38. The fourth-order valence-corrected chi connectivity index (χ4v) is 4.32. The van der Waals surface area contributed by atoms with Crippen LogP contribution in [0.1, 0.15) is 24.1 Å². The summed E-state index contributed by atoms with van der Waals surface area (Å²) in [5, 5.41) is 12.6. The predicted molar refractivity (Wildman–Crippen MR) is 104 cm³/mol. The topological polar surface area (TPSA) is 73.1 Å². The lowest BCUT2D eigenvalue weighted by molar-refractivity contribution is 0.120. The maximum Gasteiger partial charge on any atom is 0.226 e. The number of nitrogens with one attached hydrogen (secondary N) is 1. The van der Waals surface area contributed by atoms with E-state index in [4.69, 9.17) is 9.15 Å². The average molecular weight is 389 g/mol. The molecule has 3 aromatic rings. The summed E-state index contributed by atoms with van der Waals surface area (Å²) >= 11 is 3.17. The molecule has 136 valence electrons. The van der Waals surface area contributed by atoms with Gasteiger partial charge in [-0.2, -0.15) is 0 Å². The van der Waals surface area contributed by atoms with E-state index in [-0.39, 0.29) is 0 Å². The number of nitrogens with zero attached hydrogens (tertiary/aromatic N) is 3. The summed E-state index contributed by atoms with van der Waals surface area (Å²) in [4.78, 5) is 4.56. The average Bonchev–Trinajstić information content (AvgIpc) is 3.40. The first kappa shape index (κ1) is 17.5. The van der Waals surface area contributed by atoms with E-state index in [0.717, 1.165) is 46.7 Å². The second-order valence-corrected chi connectivity index (χ2v) is 8.39. The first-order chi connectivity index (χ1) is 12.8. The first-order valence-electron chi connectivity index (χ1n) is 8.59. The molecule has 0 radical (unpaired) electrons. The molecule has 3 heterocycles. The second kappa shape index (κ2) is 8.20. The highest BCUT2D eigenvalue weighted by Crippen LogP contribution is 2.29. The Hall–Kier alpha value is -1.90. The van der Waals surface area contributed by atoms with Crippen LogP contribution < -0.4 is 5.32 Å². The molecule has 1 fully saturated rings. The molecule has 1 atom stereocenters. The van der Waals surface area contributed by atoms with Crippen LogP contribution in [0.4, 0.5) is 5.13 Å². The van der Waals surface area contributed by atoms with Gasteiger partial charge in [0.15, 0.2) is 4.34 Å². The molecule has 0 aliphatic carbocycles. The van der Waals surface area contributed by atoms with Crippen molar-refractivity contribution in [1.82, 2.24) is 15.2 Å². The monoisotopic (exact) mass is 388 g/mol. The van der Waals surface area contributed by atoms with E-state index in [0.29, 0.717) is 17.7 Å². The zero-order chi connectivity index (χ0) is 17.8. The van der Waals surface area contributed by atoms with Crippen molar-refractivity contribution in [2.75, 3.05) is 18.5 Å². The highest BCUT2D eigenvalue weighted by molar-refractivity contribution is 8.00. The third kappa shape index (κ3) is 4.44. The third-order valence-electron chi connectivity index (χ3n) is 4.11. The number of rotatable bonds is 7. The SMILES string of the molecule is Cc1ccc(-c2nc(CSc3nnc(NCC4CCCO4)s3)co2)cc1. The molecule has 1 aliphatic heterocycles. The Balaban J connectivity index is 1.29. The fourth-order valence-electron chi connectivity index (χ4n) is 2.68. The lowest BCUT2D eigenvalue weighted by Gasteiger charge is -2.08. The van der Waals surface area contributed by atoms with Crippen LogP contribution in [0.25, 0.3) is 11.5 Å². The van der Waals surface area contributed by atoms with Crippen LogP contribution in [0.5, 0.6) is 0 Å². The summed E-state index contributed by atoms with van der Waals surface area (Å²) in [6.45, 7) is 3.72. The molecular weight excluding hydrogens is 368 g/mol. The van der Waals surface area contributed by atoms with Crippen molar-refractivity contribution in [3.8, 4) is 11.5 Å². The van der Waals surface area contributed by atoms with Crippen LogP contribution in [-0.4, -0.2) is 34.4 Å². The number of hydrogen-bond donors (Lipinski definition) is 1. The minimum atomic E-state index is 0.297. The van der Waals surface area contributed by atoms with E-state index in [2.05, 4.69) is 39.6 Å². The fraction of sp³-hybridized carbons (Fsp3) is 0.389. The van der Waals surface area contributed by atoms with Crippen LogP contribution in [0.3, 0.4) is 0 Å². The van der Waals surface area contributed by atoms with Crippen LogP contribution in [0.2, 0.25) is 0 Å². The lowest BCUT2D eigenvalue weighted by atomic mass is 10.1. The molecule has 0 saturated carbocycles. The summed E-state index contributed by atoms with van der Waals surface area (Å²) in [6, 6.07) is 8.16. The van der Waals surface area contributed by atoms with E-state index in [1.165, 1.54) is 5.56 Å². The van der Waals surface area contributed by atoms with Crippen molar-refractivity contribution >= 4 is 28.2 Å². The highest BCUT2D eigenvalue weighted by Gasteiger charge is 2.16. The molecule has 0 amide bonds. The Labute approximate surface area is 160 Å². The molecule has 1 N–H and O–H groups in total. The largest absolute Gasteiger partial charge is 0.444 e. The van der Waals surface area contributed by atoms with Gasteiger partial charge in [-0.05, 0) is 31.9 Å². The van der Waals surface area contributed by atoms with Gasteiger partial charge in [-0.3, -0.25) is 0 Å². The smallest absolute Gasteiger partial charge is 0.226 e. The number of ether oxygens (including phenoxy) is 1.